The number of ether oxygens (including phenoxy) is 3. The molecule has 128 valence electrons. The van der Waals surface area contributed by atoms with Gasteiger partial charge in [-0.15, -0.1) is 0 Å². The monoisotopic (exact) mass is 339 g/mol. The van der Waals surface area contributed by atoms with Crippen LogP contribution < -0.4 is 9.47 Å². The van der Waals surface area contributed by atoms with Crippen molar-refractivity contribution < 1.29 is 23.8 Å². The third-order valence-corrected chi connectivity index (χ3v) is 4.42. The van der Waals surface area contributed by atoms with Crippen LogP contribution in [0.15, 0.2) is 48.5 Å². The summed E-state index contributed by atoms with van der Waals surface area (Å²) in [5, 5.41) is 0. The Hall–Kier alpha value is -3.02. The highest BCUT2D eigenvalue weighted by Crippen LogP contribution is 2.41. The summed E-state index contributed by atoms with van der Waals surface area (Å²) in [5.74, 6) is 0.719. The Morgan fingerprint density at radius 1 is 1.04 bits per heavy atom. The molecule has 1 saturated heterocycles. The maximum atomic E-state index is 12.4. The zero-order chi connectivity index (χ0) is 17.4. The lowest BCUT2D eigenvalue weighted by atomic mass is 9.98. The molecule has 0 radical (unpaired) electrons. The van der Waals surface area contributed by atoms with E-state index >= 15 is 0 Å². The minimum atomic E-state index is -0.793. The lowest BCUT2D eigenvalue weighted by Crippen LogP contribution is -2.44. The van der Waals surface area contributed by atoms with Gasteiger partial charge < -0.3 is 14.2 Å². The quantitative estimate of drug-likeness (QED) is 0.787. The van der Waals surface area contributed by atoms with Gasteiger partial charge in [0.2, 0.25) is 18.9 Å². The molecule has 0 unspecified atom stereocenters. The summed E-state index contributed by atoms with van der Waals surface area (Å²) in [6, 6.07) is 14.4. The van der Waals surface area contributed by atoms with E-state index in [2.05, 4.69) is 0 Å². The fraction of sp³-hybridized carbons (Fsp3) is 0.263. The third kappa shape index (κ3) is 2.80. The molecule has 1 fully saturated rings. The van der Waals surface area contributed by atoms with E-state index in [1.807, 2.05) is 30.3 Å². The average Bonchev–Trinajstić information content (AvgIpc) is 3.09. The van der Waals surface area contributed by atoms with E-state index in [0.29, 0.717) is 17.1 Å². The summed E-state index contributed by atoms with van der Waals surface area (Å²) in [4.78, 5) is 26.2. The van der Waals surface area contributed by atoms with Crippen molar-refractivity contribution in [2.45, 2.75) is 25.6 Å². The van der Waals surface area contributed by atoms with E-state index in [9.17, 15) is 9.59 Å². The largest absolute Gasteiger partial charge is 0.454 e. The topological polar surface area (TPSA) is 65.1 Å². The average molecular weight is 339 g/mol. The summed E-state index contributed by atoms with van der Waals surface area (Å²) in [6.07, 6.45) is -0.663. The molecule has 6 heteroatoms. The number of hydrogen-bond acceptors (Lipinski definition) is 5. The number of hydrogen-bond donors (Lipinski definition) is 0. The van der Waals surface area contributed by atoms with Crippen LogP contribution in [0.1, 0.15) is 36.7 Å². The summed E-state index contributed by atoms with van der Waals surface area (Å²) < 4.78 is 16.2. The van der Waals surface area contributed by atoms with Crippen molar-refractivity contribution >= 4 is 11.9 Å². The van der Waals surface area contributed by atoms with Crippen molar-refractivity contribution in [3.8, 4) is 11.5 Å². The van der Waals surface area contributed by atoms with Gasteiger partial charge in [-0.05, 0) is 23.8 Å². The molecule has 1 amide bonds. The lowest BCUT2D eigenvalue weighted by molar-refractivity contribution is -0.183. The molecule has 0 aromatic heterocycles. The molecule has 0 spiro atoms. The van der Waals surface area contributed by atoms with Crippen LogP contribution >= 0.6 is 0 Å². The standard InChI is InChI=1S/C19H17NO5/c1-12(21)20-15(13-5-3-2-4-6-13)10-18(22)25-19(20)14-7-8-16-17(9-14)24-11-23-16/h2-9,15,19H,10-11H2,1H3/t15-,19-/m1/s1. The number of nitrogens with zero attached hydrogens (tertiary/aromatic N) is 1. The normalized spacial score (nSPS) is 21.8. The second kappa shape index (κ2) is 6.12. The molecule has 2 atom stereocenters. The van der Waals surface area contributed by atoms with Gasteiger partial charge in [0.05, 0.1) is 12.5 Å². The van der Waals surface area contributed by atoms with E-state index in [1.54, 1.807) is 23.1 Å². The number of carbonyl (C=O) groups excluding carboxylic acids is 2. The molecule has 0 saturated carbocycles. The van der Waals surface area contributed by atoms with Gasteiger partial charge in [0, 0.05) is 12.5 Å². The highest BCUT2D eigenvalue weighted by molar-refractivity contribution is 5.79. The Morgan fingerprint density at radius 2 is 1.80 bits per heavy atom. The van der Waals surface area contributed by atoms with Gasteiger partial charge in [-0.3, -0.25) is 14.5 Å². The first kappa shape index (κ1) is 15.5. The minimum absolute atomic E-state index is 0.130. The molecular weight excluding hydrogens is 322 g/mol. The Labute approximate surface area is 144 Å². The lowest BCUT2D eigenvalue weighted by Gasteiger charge is -2.41. The maximum Gasteiger partial charge on any atom is 0.310 e. The minimum Gasteiger partial charge on any atom is -0.454 e. The molecule has 2 aromatic rings. The number of cyclic esters (lactones) is 1. The zero-order valence-electron chi connectivity index (χ0n) is 13.7. The van der Waals surface area contributed by atoms with Crippen molar-refractivity contribution in [2.75, 3.05) is 6.79 Å². The number of amides is 1. The number of rotatable bonds is 2. The first-order valence-corrected chi connectivity index (χ1v) is 8.06. The predicted molar refractivity (Wildman–Crippen MR) is 87.7 cm³/mol. The van der Waals surface area contributed by atoms with E-state index in [1.165, 1.54) is 6.92 Å². The molecule has 4 rings (SSSR count). The molecule has 2 aliphatic heterocycles. The van der Waals surface area contributed by atoms with Crippen LogP contribution in [0, 0.1) is 0 Å². The van der Waals surface area contributed by atoms with E-state index in [4.69, 9.17) is 14.2 Å². The van der Waals surface area contributed by atoms with Crippen LogP contribution in [0.3, 0.4) is 0 Å². The highest BCUT2D eigenvalue weighted by atomic mass is 16.7. The maximum absolute atomic E-state index is 12.4. The SMILES string of the molecule is CC(=O)N1[C@@H](c2ccccc2)CC(=O)O[C@@H]1c1ccc2c(c1)OCO2. The molecule has 2 aromatic carbocycles. The van der Waals surface area contributed by atoms with Gasteiger partial charge in [-0.1, -0.05) is 30.3 Å². The molecular formula is C19H17NO5. The molecule has 0 aliphatic carbocycles. The van der Waals surface area contributed by atoms with Gasteiger partial charge in [-0.2, -0.15) is 0 Å². The summed E-state index contributed by atoms with van der Waals surface area (Å²) in [6.45, 7) is 1.64. The van der Waals surface area contributed by atoms with Crippen LogP contribution in [0.4, 0.5) is 0 Å². The van der Waals surface area contributed by atoms with E-state index in [-0.39, 0.29) is 31.1 Å². The van der Waals surface area contributed by atoms with Crippen LogP contribution in [0.25, 0.3) is 0 Å². The molecule has 2 aliphatic rings. The first-order chi connectivity index (χ1) is 12.1. The Morgan fingerprint density at radius 3 is 2.56 bits per heavy atom. The van der Waals surface area contributed by atoms with Crippen LogP contribution in [0.5, 0.6) is 11.5 Å². The van der Waals surface area contributed by atoms with Gasteiger partial charge in [0.15, 0.2) is 11.5 Å². The van der Waals surface area contributed by atoms with Crippen molar-refractivity contribution in [3.05, 3.63) is 59.7 Å². The first-order valence-electron chi connectivity index (χ1n) is 8.06. The number of esters is 1. The van der Waals surface area contributed by atoms with Crippen molar-refractivity contribution in [1.82, 2.24) is 4.90 Å². The molecule has 0 N–H and O–H groups in total. The smallest absolute Gasteiger partial charge is 0.310 e. The fourth-order valence-electron chi connectivity index (χ4n) is 3.28. The summed E-state index contributed by atoms with van der Waals surface area (Å²) in [7, 11) is 0. The van der Waals surface area contributed by atoms with E-state index in [0.717, 1.165) is 5.56 Å². The van der Waals surface area contributed by atoms with Gasteiger partial charge in [0.25, 0.3) is 0 Å². The molecule has 6 nitrogen and oxygen atoms in total. The molecule has 2 heterocycles. The van der Waals surface area contributed by atoms with Crippen molar-refractivity contribution in [1.29, 1.82) is 0 Å². The van der Waals surface area contributed by atoms with Crippen molar-refractivity contribution in [2.24, 2.45) is 0 Å². The summed E-state index contributed by atoms with van der Waals surface area (Å²) >= 11 is 0. The summed E-state index contributed by atoms with van der Waals surface area (Å²) in [5.41, 5.74) is 1.58. The Kier molecular flexibility index (Phi) is 3.80. The zero-order valence-corrected chi connectivity index (χ0v) is 13.7. The second-order valence-electron chi connectivity index (χ2n) is 6.01. The van der Waals surface area contributed by atoms with Crippen molar-refractivity contribution in [3.63, 3.8) is 0 Å². The fourth-order valence-corrected chi connectivity index (χ4v) is 3.28. The van der Waals surface area contributed by atoms with Gasteiger partial charge in [0.1, 0.15) is 0 Å². The Bertz CT molecular complexity index is 820. The van der Waals surface area contributed by atoms with Crippen LogP contribution in [-0.4, -0.2) is 23.6 Å². The van der Waals surface area contributed by atoms with Gasteiger partial charge in [-0.25, -0.2) is 0 Å². The number of carbonyl (C=O) groups is 2. The van der Waals surface area contributed by atoms with Crippen LogP contribution in [0.2, 0.25) is 0 Å². The molecule has 25 heavy (non-hydrogen) atoms. The van der Waals surface area contributed by atoms with E-state index < -0.39 is 6.23 Å². The highest BCUT2D eigenvalue weighted by Gasteiger charge is 2.40. The van der Waals surface area contributed by atoms with Crippen LogP contribution in [-0.2, 0) is 14.3 Å². The molecule has 0 bridgehead atoms. The number of benzene rings is 2. The van der Waals surface area contributed by atoms with Gasteiger partial charge >= 0.3 is 5.97 Å². The Balaban J connectivity index is 1.75. The number of fused-ring (bicyclic) bond motifs is 1. The second-order valence-corrected chi connectivity index (χ2v) is 6.01. The predicted octanol–water partition coefficient (Wildman–Crippen LogP) is 2.95. The third-order valence-electron chi connectivity index (χ3n) is 4.42.